The molecule has 0 saturated carbocycles. The Morgan fingerprint density at radius 2 is 2.04 bits per heavy atom. The monoisotopic (exact) mass is 334 g/mol. The molecule has 1 aromatic carbocycles. The van der Waals surface area contributed by atoms with E-state index in [0.29, 0.717) is 12.3 Å². The molecule has 1 fully saturated rings. The van der Waals surface area contributed by atoms with Crippen molar-refractivity contribution < 1.29 is 14.4 Å². The van der Waals surface area contributed by atoms with E-state index in [2.05, 4.69) is 22.3 Å². The van der Waals surface area contributed by atoms with E-state index in [1.165, 1.54) is 5.56 Å². The maximum absolute atomic E-state index is 11.8. The molecule has 0 unspecified atom stereocenters. The first kappa shape index (κ1) is 18.2. The molecule has 7 nitrogen and oxygen atoms in total. The quantitative estimate of drug-likeness (QED) is 0.424. The van der Waals surface area contributed by atoms with E-state index in [1.807, 2.05) is 24.3 Å². The van der Waals surface area contributed by atoms with Gasteiger partial charge in [-0.3, -0.25) is 9.69 Å². The number of hydrogen-bond donors (Lipinski definition) is 2. The molecule has 1 saturated heterocycles. The van der Waals surface area contributed by atoms with Crippen molar-refractivity contribution in [3.05, 3.63) is 29.8 Å². The minimum atomic E-state index is -0.260. The fourth-order valence-corrected chi connectivity index (χ4v) is 2.34. The predicted octanol–water partition coefficient (Wildman–Crippen LogP) is 1.20. The number of nitrogens with one attached hydrogen (secondary N) is 1. The van der Waals surface area contributed by atoms with Gasteiger partial charge in [0.25, 0.3) is 5.91 Å². The zero-order valence-electron chi connectivity index (χ0n) is 14.2. The highest BCUT2D eigenvalue weighted by molar-refractivity contribution is 5.91. The lowest BCUT2D eigenvalue weighted by molar-refractivity contribution is -0.120. The van der Waals surface area contributed by atoms with Gasteiger partial charge in [-0.1, -0.05) is 24.2 Å². The van der Waals surface area contributed by atoms with Crippen LogP contribution in [0.1, 0.15) is 18.9 Å². The fourth-order valence-electron chi connectivity index (χ4n) is 2.34. The van der Waals surface area contributed by atoms with Crippen LogP contribution in [0.3, 0.4) is 0 Å². The molecule has 1 aliphatic heterocycles. The predicted molar refractivity (Wildman–Crippen MR) is 93.9 cm³/mol. The molecule has 2 rings (SSSR count). The average molecular weight is 334 g/mol. The van der Waals surface area contributed by atoms with Crippen LogP contribution in [0.15, 0.2) is 29.4 Å². The van der Waals surface area contributed by atoms with Crippen LogP contribution in [0, 0.1) is 0 Å². The number of hydrogen-bond acceptors (Lipinski definition) is 5. The summed E-state index contributed by atoms with van der Waals surface area (Å²) in [5.74, 6) is 0.130. The summed E-state index contributed by atoms with van der Waals surface area (Å²) in [7, 11) is 0. The lowest BCUT2D eigenvalue weighted by Gasteiger charge is -2.26. The number of nitrogens with two attached hydrogens (primary N) is 1. The summed E-state index contributed by atoms with van der Waals surface area (Å²) < 4.78 is 5.29. The molecule has 0 aromatic heterocycles. The second kappa shape index (κ2) is 9.89. The number of aryl methyl sites for hydroxylation is 1. The highest BCUT2D eigenvalue weighted by Crippen LogP contribution is 2.09. The molecular formula is C17H26N4O3. The minimum absolute atomic E-state index is 0.159. The maximum atomic E-state index is 11.8. The Morgan fingerprint density at radius 1 is 1.33 bits per heavy atom. The van der Waals surface area contributed by atoms with Crippen LogP contribution >= 0.6 is 0 Å². The van der Waals surface area contributed by atoms with Gasteiger partial charge in [0, 0.05) is 31.7 Å². The second-order valence-corrected chi connectivity index (χ2v) is 5.66. The number of rotatable bonds is 8. The molecular weight excluding hydrogens is 308 g/mol. The van der Waals surface area contributed by atoms with Crippen molar-refractivity contribution in [3.8, 4) is 0 Å². The molecule has 7 heteroatoms. The van der Waals surface area contributed by atoms with Gasteiger partial charge in [-0.05, 0) is 24.1 Å². The van der Waals surface area contributed by atoms with Gasteiger partial charge in [0.05, 0.1) is 13.2 Å². The van der Waals surface area contributed by atoms with Crippen molar-refractivity contribution in [2.75, 3.05) is 44.8 Å². The van der Waals surface area contributed by atoms with Crippen molar-refractivity contribution in [1.82, 2.24) is 4.90 Å². The summed E-state index contributed by atoms with van der Waals surface area (Å²) in [5.41, 5.74) is 7.76. The highest BCUT2D eigenvalue weighted by atomic mass is 16.6. The van der Waals surface area contributed by atoms with E-state index in [1.54, 1.807) is 0 Å². The van der Waals surface area contributed by atoms with E-state index >= 15 is 0 Å². The molecule has 0 spiro atoms. The third-order valence-electron chi connectivity index (χ3n) is 3.81. The summed E-state index contributed by atoms with van der Waals surface area (Å²) in [5, 5.41) is 6.55. The number of anilines is 1. The van der Waals surface area contributed by atoms with Crippen LogP contribution < -0.4 is 11.1 Å². The number of amides is 1. The van der Waals surface area contributed by atoms with Crippen molar-refractivity contribution in [1.29, 1.82) is 0 Å². The van der Waals surface area contributed by atoms with Gasteiger partial charge in [-0.15, -0.1) is 0 Å². The van der Waals surface area contributed by atoms with Gasteiger partial charge < -0.3 is 20.6 Å². The standard InChI is InChI=1S/C17H26N4O3/c1-2-14-3-5-15(6-4-14)19-17(22)13-24-20-16(18)7-8-21-9-11-23-12-10-21/h3-6H,2,7-13H2,1H3,(H2,18,20)(H,19,22). The minimum Gasteiger partial charge on any atom is -0.384 e. The normalized spacial score (nSPS) is 16.0. The van der Waals surface area contributed by atoms with Crippen molar-refractivity contribution in [3.63, 3.8) is 0 Å². The van der Waals surface area contributed by atoms with Crippen LogP contribution in [-0.4, -0.2) is 56.1 Å². The molecule has 3 N–H and O–H groups in total. The van der Waals surface area contributed by atoms with Gasteiger partial charge in [0.2, 0.25) is 0 Å². The number of amidine groups is 1. The van der Waals surface area contributed by atoms with Gasteiger partial charge in [-0.2, -0.15) is 0 Å². The second-order valence-electron chi connectivity index (χ2n) is 5.66. The van der Waals surface area contributed by atoms with Crippen molar-refractivity contribution in [2.45, 2.75) is 19.8 Å². The highest BCUT2D eigenvalue weighted by Gasteiger charge is 2.10. The molecule has 0 radical (unpaired) electrons. The first-order valence-electron chi connectivity index (χ1n) is 8.30. The topological polar surface area (TPSA) is 89.2 Å². The SMILES string of the molecule is CCc1ccc(NC(=O)CO/N=C(\N)CCN2CCOCC2)cc1. The Balaban J connectivity index is 1.64. The first-order valence-corrected chi connectivity index (χ1v) is 8.30. The van der Waals surface area contributed by atoms with E-state index in [0.717, 1.165) is 45.0 Å². The lowest BCUT2D eigenvalue weighted by atomic mass is 10.1. The Labute approximate surface area is 142 Å². The summed E-state index contributed by atoms with van der Waals surface area (Å²) >= 11 is 0. The third kappa shape index (κ3) is 6.55. The number of benzene rings is 1. The number of nitrogens with zero attached hydrogens (tertiary/aromatic N) is 2. The number of carbonyl (C=O) groups is 1. The summed E-state index contributed by atoms with van der Waals surface area (Å²) in [6, 6.07) is 7.71. The van der Waals surface area contributed by atoms with Crippen LogP contribution in [-0.2, 0) is 20.8 Å². The molecule has 1 heterocycles. The Morgan fingerprint density at radius 3 is 2.71 bits per heavy atom. The zero-order chi connectivity index (χ0) is 17.2. The number of carbonyl (C=O) groups excluding carboxylic acids is 1. The van der Waals surface area contributed by atoms with E-state index < -0.39 is 0 Å². The Kier molecular flexibility index (Phi) is 7.51. The molecule has 0 bridgehead atoms. The third-order valence-corrected chi connectivity index (χ3v) is 3.81. The molecule has 1 aromatic rings. The summed E-state index contributed by atoms with van der Waals surface area (Å²) in [6.07, 6.45) is 1.58. The van der Waals surface area contributed by atoms with E-state index in [4.69, 9.17) is 15.3 Å². The fraction of sp³-hybridized carbons (Fsp3) is 0.529. The van der Waals surface area contributed by atoms with Crippen LogP contribution in [0.25, 0.3) is 0 Å². The van der Waals surface area contributed by atoms with Crippen LogP contribution in [0.2, 0.25) is 0 Å². The summed E-state index contributed by atoms with van der Waals surface area (Å²) in [4.78, 5) is 19.1. The zero-order valence-corrected chi connectivity index (χ0v) is 14.2. The van der Waals surface area contributed by atoms with Crippen molar-refractivity contribution >= 4 is 17.4 Å². The average Bonchev–Trinajstić information content (AvgIpc) is 2.61. The first-order chi connectivity index (χ1) is 11.7. The number of ether oxygens (including phenoxy) is 1. The van der Waals surface area contributed by atoms with Crippen molar-refractivity contribution in [2.24, 2.45) is 10.9 Å². The van der Waals surface area contributed by atoms with Gasteiger partial charge in [-0.25, -0.2) is 0 Å². The Bertz CT molecular complexity index is 539. The summed E-state index contributed by atoms with van der Waals surface area (Å²) in [6.45, 7) is 6.08. The lowest BCUT2D eigenvalue weighted by Crippen LogP contribution is -2.38. The molecule has 24 heavy (non-hydrogen) atoms. The molecule has 0 atom stereocenters. The van der Waals surface area contributed by atoms with Crippen LogP contribution in [0.4, 0.5) is 5.69 Å². The number of morpholine rings is 1. The van der Waals surface area contributed by atoms with E-state index in [-0.39, 0.29) is 12.5 Å². The molecule has 1 amide bonds. The molecule has 132 valence electrons. The largest absolute Gasteiger partial charge is 0.384 e. The smallest absolute Gasteiger partial charge is 0.265 e. The van der Waals surface area contributed by atoms with Crippen LogP contribution in [0.5, 0.6) is 0 Å². The van der Waals surface area contributed by atoms with Gasteiger partial charge >= 0.3 is 0 Å². The number of oxime groups is 1. The molecule has 1 aliphatic rings. The van der Waals surface area contributed by atoms with Gasteiger partial charge in [0.15, 0.2) is 6.61 Å². The van der Waals surface area contributed by atoms with E-state index in [9.17, 15) is 4.79 Å². The maximum Gasteiger partial charge on any atom is 0.265 e. The molecule has 0 aliphatic carbocycles. The van der Waals surface area contributed by atoms with Gasteiger partial charge in [0.1, 0.15) is 5.84 Å². The Hall–Kier alpha value is -2.12.